The Bertz CT molecular complexity index is 989. The first kappa shape index (κ1) is 16.4. The van der Waals surface area contributed by atoms with Crippen LogP contribution in [0.2, 0.25) is 0 Å². The third-order valence-electron chi connectivity index (χ3n) is 4.03. The zero-order chi connectivity index (χ0) is 17.9. The van der Waals surface area contributed by atoms with Gasteiger partial charge in [-0.25, -0.2) is 4.98 Å². The lowest BCUT2D eigenvalue weighted by Gasteiger charge is -2.10. The summed E-state index contributed by atoms with van der Waals surface area (Å²) in [4.78, 5) is 29.9. The molecule has 0 unspecified atom stereocenters. The molecule has 0 bridgehead atoms. The molecule has 1 aliphatic rings. The first-order valence-corrected chi connectivity index (χ1v) is 8.93. The molecule has 0 saturated heterocycles. The first-order valence-electron chi connectivity index (χ1n) is 8.11. The van der Waals surface area contributed by atoms with Crippen LogP contribution in [0.4, 0.5) is 5.69 Å². The number of aromatic nitrogens is 1. The van der Waals surface area contributed by atoms with Gasteiger partial charge in [0.05, 0.1) is 5.56 Å². The summed E-state index contributed by atoms with van der Waals surface area (Å²) in [6.07, 6.45) is 1.67. The van der Waals surface area contributed by atoms with Crippen LogP contribution in [0.15, 0.2) is 76.8 Å². The van der Waals surface area contributed by atoms with Crippen molar-refractivity contribution in [2.45, 2.75) is 16.5 Å². The first-order chi connectivity index (χ1) is 12.7. The highest BCUT2D eigenvalue weighted by Crippen LogP contribution is 2.29. The van der Waals surface area contributed by atoms with E-state index in [1.807, 2.05) is 36.4 Å². The van der Waals surface area contributed by atoms with E-state index in [0.717, 1.165) is 10.5 Å². The molecule has 0 radical (unpaired) electrons. The molecule has 2 N–H and O–H groups in total. The van der Waals surface area contributed by atoms with E-state index in [1.165, 1.54) is 11.8 Å². The van der Waals surface area contributed by atoms with Crippen molar-refractivity contribution in [2.24, 2.45) is 0 Å². The van der Waals surface area contributed by atoms with Crippen LogP contribution in [-0.4, -0.2) is 16.8 Å². The highest BCUT2D eigenvalue weighted by molar-refractivity contribution is 7.99. The fraction of sp³-hybridized carbons (Fsp3) is 0.0500. The van der Waals surface area contributed by atoms with Crippen LogP contribution >= 0.6 is 11.8 Å². The maximum Gasteiger partial charge on any atom is 0.258 e. The molecule has 2 amide bonds. The van der Waals surface area contributed by atoms with Gasteiger partial charge in [0.1, 0.15) is 5.03 Å². The molecule has 0 atom stereocenters. The maximum atomic E-state index is 12.7. The second-order valence-corrected chi connectivity index (χ2v) is 6.84. The van der Waals surface area contributed by atoms with E-state index in [-0.39, 0.29) is 11.8 Å². The second kappa shape index (κ2) is 7.01. The average Bonchev–Trinajstić information content (AvgIpc) is 3.03. The number of rotatable bonds is 4. The minimum atomic E-state index is -0.255. The lowest BCUT2D eigenvalue weighted by atomic mass is 10.1. The summed E-state index contributed by atoms with van der Waals surface area (Å²) in [5.41, 5.74) is 2.62. The number of nitrogens with one attached hydrogen (secondary N) is 2. The van der Waals surface area contributed by atoms with E-state index in [1.54, 1.807) is 30.5 Å². The number of hydrogen-bond acceptors (Lipinski definition) is 4. The quantitative estimate of drug-likeness (QED) is 0.743. The molecule has 4 rings (SSSR count). The smallest absolute Gasteiger partial charge is 0.258 e. The van der Waals surface area contributed by atoms with Gasteiger partial charge in [-0.15, -0.1) is 0 Å². The Labute approximate surface area is 154 Å². The van der Waals surface area contributed by atoms with Gasteiger partial charge in [0, 0.05) is 28.9 Å². The summed E-state index contributed by atoms with van der Waals surface area (Å²) in [5.74, 6) is -0.368. The number of nitrogens with zero attached hydrogens (tertiary/aromatic N) is 1. The van der Waals surface area contributed by atoms with Crippen LogP contribution in [0.1, 0.15) is 26.3 Å². The number of anilines is 1. The Morgan fingerprint density at radius 2 is 1.92 bits per heavy atom. The molecule has 1 aromatic heterocycles. The van der Waals surface area contributed by atoms with Gasteiger partial charge in [0.15, 0.2) is 0 Å². The lowest BCUT2D eigenvalue weighted by Crippen LogP contribution is -2.15. The molecule has 0 fully saturated rings. The SMILES string of the molecule is O=C1NCc2ccc(NC(=O)c3cccnc3Sc3ccccc3)cc21. The predicted octanol–water partition coefficient (Wildman–Crippen LogP) is 3.73. The number of benzene rings is 2. The molecule has 128 valence electrons. The van der Waals surface area contributed by atoms with E-state index in [2.05, 4.69) is 15.6 Å². The highest BCUT2D eigenvalue weighted by Gasteiger charge is 2.20. The van der Waals surface area contributed by atoms with Crippen molar-refractivity contribution in [3.63, 3.8) is 0 Å². The summed E-state index contributed by atoms with van der Waals surface area (Å²) in [6.45, 7) is 0.531. The van der Waals surface area contributed by atoms with Gasteiger partial charge in [-0.2, -0.15) is 0 Å². The Hall–Kier alpha value is -3.12. The molecule has 0 aliphatic carbocycles. The van der Waals surface area contributed by atoms with Gasteiger partial charge < -0.3 is 10.6 Å². The summed E-state index contributed by atoms with van der Waals surface area (Å²) in [7, 11) is 0. The van der Waals surface area contributed by atoms with Crippen molar-refractivity contribution in [3.05, 3.63) is 83.6 Å². The number of hydrogen-bond donors (Lipinski definition) is 2. The average molecular weight is 361 g/mol. The summed E-state index contributed by atoms with van der Waals surface area (Å²) < 4.78 is 0. The fourth-order valence-electron chi connectivity index (χ4n) is 2.73. The molecule has 0 spiro atoms. The van der Waals surface area contributed by atoms with Crippen molar-refractivity contribution in [2.75, 3.05) is 5.32 Å². The van der Waals surface area contributed by atoms with Crippen molar-refractivity contribution in [1.82, 2.24) is 10.3 Å². The van der Waals surface area contributed by atoms with Crippen molar-refractivity contribution in [3.8, 4) is 0 Å². The molecule has 5 nitrogen and oxygen atoms in total. The van der Waals surface area contributed by atoms with E-state index in [0.29, 0.717) is 28.4 Å². The molecular weight excluding hydrogens is 346 g/mol. The van der Waals surface area contributed by atoms with Crippen LogP contribution in [0.25, 0.3) is 0 Å². The van der Waals surface area contributed by atoms with Crippen molar-refractivity contribution >= 4 is 29.3 Å². The number of carbonyl (C=O) groups excluding carboxylic acids is 2. The van der Waals surface area contributed by atoms with Crippen molar-refractivity contribution < 1.29 is 9.59 Å². The number of carbonyl (C=O) groups is 2. The van der Waals surface area contributed by atoms with E-state index >= 15 is 0 Å². The summed E-state index contributed by atoms with van der Waals surface area (Å²) in [6, 6.07) is 18.6. The van der Waals surface area contributed by atoms with Gasteiger partial charge in [0.25, 0.3) is 11.8 Å². The normalized spacial score (nSPS) is 12.4. The molecular formula is C20H15N3O2S. The van der Waals surface area contributed by atoms with Gasteiger partial charge in [-0.05, 0) is 42.0 Å². The van der Waals surface area contributed by atoms with Gasteiger partial charge in [-0.3, -0.25) is 9.59 Å². The van der Waals surface area contributed by atoms with Crippen LogP contribution < -0.4 is 10.6 Å². The van der Waals surface area contributed by atoms with Gasteiger partial charge in [-0.1, -0.05) is 36.0 Å². The zero-order valence-electron chi connectivity index (χ0n) is 13.7. The van der Waals surface area contributed by atoms with Crippen molar-refractivity contribution in [1.29, 1.82) is 0 Å². The summed E-state index contributed by atoms with van der Waals surface area (Å²) in [5, 5.41) is 6.27. The maximum absolute atomic E-state index is 12.7. The topological polar surface area (TPSA) is 71.1 Å². The van der Waals surface area contributed by atoms with Crippen LogP contribution in [0, 0.1) is 0 Å². The molecule has 1 aliphatic heterocycles. The van der Waals surface area contributed by atoms with Gasteiger partial charge >= 0.3 is 0 Å². The predicted molar refractivity (Wildman–Crippen MR) is 100 cm³/mol. The van der Waals surface area contributed by atoms with Crippen LogP contribution in [0.3, 0.4) is 0 Å². The molecule has 6 heteroatoms. The number of fused-ring (bicyclic) bond motifs is 1. The third kappa shape index (κ3) is 3.32. The minimum Gasteiger partial charge on any atom is -0.348 e. The molecule has 26 heavy (non-hydrogen) atoms. The second-order valence-electron chi connectivity index (χ2n) is 5.78. The van der Waals surface area contributed by atoms with Crippen LogP contribution in [0.5, 0.6) is 0 Å². The lowest BCUT2D eigenvalue weighted by molar-refractivity contribution is 0.0964. The standard InChI is InChI=1S/C20H15N3O2S/c24-18-17-11-14(9-8-13(17)12-22-18)23-19(25)16-7-4-10-21-20(16)26-15-5-2-1-3-6-15/h1-11H,12H2,(H,22,24)(H,23,25). The monoisotopic (exact) mass is 361 g/mol. The Morgan fingerprint density at radius 3 is 2.77 bits per heavy atom. The molecule has 3 aromatic rings. The van der Waals surface area contributed by atoms with Crippen LogP contribution in [-0.2, 0) is 6.54 Å². The number of pyridine rings is 1. The van der Waals surface area contributed by atoms with E-state index < -0.39 is 0 Å². The zero-order valence-corrected chi connectivity index (χ0v) is 14.5. The minimum absolute atomic E-state index is 0.113. The van der Waals surface area contributed by atoms with E-state index in [4.69, 9.17) is 0 Å². The molecule has 2 aromatic carbocycles. The Morgan fingerprint density at radius 1 is 1.08 bits per heavy atom. The highest BCUT2D eigenvalue weighted by atomic mass is 32.2. The number of amides is 2. The largest absolute Gasteiger partial charge is 0.348 e. The van der Waals surface area contributed by atoms with E-state index in [9.17, 15) is 9.59 Å². The Balaban J connectivity index is 1.57. The third-order valence-corrected chi connectivity index (χ3v) is 5.05. The van der Waals surface area contributed by atoms with Gasteiger partial charge in [0.2, 0.25) is 0 Å². The molecule has 0 saturated carbocycles. The Kier molecular flexibility index (Phi) is 4.41. The summed E-state index contributed by atoms with van der Waals surface area (Å²) >= 11 is 1.44. The fourth-order valence-corrected chi connectivity index (χ4v) is 3.63. The molecule has 2 heterocycles.